The van der Waals surface area contributed by atoms with Gasteiger partial charge in [0.25, 0.3) is 5.91 Å². The number of aryl methyl sites for hydroxylation is 2. The summed E-state index contributed by atoms with van der Waals surface area (Å²) in [6, 6.07) is 11.1. The zero-order valence-corrected chi connectivity index (χ0v) is 25.2. The number of fused-ring (bicyclic) bond motifs is 2. The Morgan fingerprint density at radius 3 is 2.56 bits per heavy atom. The quantitative estimate of drug-likeness (QED) is 0.174. The highest BCUT2D eigenvalue weighted by Gasteiger charge is 2.44. The maximum Gasteiger partial charge on any atom is 0.280 e. The number of ether oxygens (including phenoxy) is 1. The highest BCUT2D eigenvalue weighted by atomic mass is 28.3. The summed E-state index contributed by atoms with van der Waals surface area (Å²) in [5.74, 6) is -0.691. The van der Waals surface area contributed by atoms with Gasteiger partial charge in [-0.15, -0.1) is 0 Å². The van der Waals surface area contributed by atoms with Crippen LogP contribution in [0.3, 0.4) is 0 Å². The molecule has 0 bridgehead atoms. The van der Waals surface area contributed by atoms with Crippen LogP contribution in [-0.2, 0) is 18.5 Å². The number of anilines is 1. The molecule has 41 heavy (non-hydrogen) atoms. The van der Waals surface area contributed by atoms with Gasteiger partial charge in [-0.05, 0) is 55.8 Å². The number of hydrogen-bond donors (Lipinski definition) is 0. The maximum absolute atomic E-state index is 15.9. The van der Waals surface area contributed by atoms with Crippen molar-refractivity contribution in [2.45, 2.75) is 52.3 Å². The molecule has 1 atom stereocenters. The first-order valence-corrected chi connectivity index (χ1v) is 17.4. The lowest BCUT2D eigenvalue weighted by Gasteiger charge is -2.27. The first-order valence-electron chi connectivity index (χ1n) is 13.7. The van der Waals surface area contributed by atoms with Crippen LogP contribution in [0, 0.1) is 19.7 Å². The summed E-state index contributed by atoms with van der Waals surface area (Å²) in [7, 11) is 0.624. The average molecular weight is 572 g/mol. The Labute approximate surface area is 239 Å². The molecule has 9 nitrogen and oxygen atoms in total. The van der Waals surface area contributed by atoms with Gasteiger partial charge in [0.05, 0.1) is 35.3 Å². The van der Waals surface area contributed by atoms with Gasteiger partial charge in [0.1, 0.15) is 12.5 Å². The van der Waals surface area contributed by atoms with Crippen molar-refractivity contribution >= 4 is 30.7 Å². The van der Waals surface area contributed by atoms with Crippen LogP contribution in [0.2, 0.25) is 25.7 Å². The fourth-order valence-electron chi connectivity index (χ4n) is 5.31. The largest absolute Gasteiger partial charge is 0.361 e. The van der Waals surface area contributed by atoms with Crippen molar-refractivity contribution in [3.8, 4) is 5.69 Å². The molecule has 1 aliphatic heterocycles. The van der Waals surface area contributed by atoms with Crippen LogP contribution in [0.4, 0.5) is 10.1 Å². The van der Waals surface area contributed by atoms with E-state index in [4.69, 9.17) is 4.74 Å². The molecule has 0 saturated heterocycles. The van der Waals surface area contributed by atoms with Crippen LogP contribution < -0.4 is 4.90 Å². The van der Waals surface area contributed by atoms with E-state index in [9.17, 15) is 4.79 Å². The van der Waals surface area contributed by atoms with E-state index >= 15 is 4.39 Å². The Kier molecular flexibility index (Phi) is 6.66. The molecule has 1 unspecified atom stereocenters. The van der Waals surface area contributed by atoms with Crippen LogP contribution in [0.15, 0.2) is 55.1 Å². The number of hydrogen-bond acceptors (Lipinski definition) is 5. The standard InChI is InChI=1S/C30H34FN7O2Si/c1-19-15-33-37(16-19)21-7-9-23(24(31)13-21)29-27-20(2)35(3)34-28(27)30(39)38(29)22-8-10-26-25(14-22)32-17-36(26)18-40-11-12-41(4,5)6/h7-10,13-17,29H,11-12,18H2,1-6H3. The van der Waals surface area contributed by atoms with Gasteiger partial charge < -0.3 is 9.30 Å². The molecule has 0 spiro atoms. The van der Waals surface area contributed by atoms with E-state index in [2.05, 4.69) is 34.8 Å². The molecular weight excluding hydrogens is 537 g/mol. The van der Waals surface area contributed by atoms with Crippen LogP contribution in [0.25, 0.3) is 16.7 Å². The summed E-state index contributed by atoms with van der Waals surface area (Å²) in [5, 5.41) is 8.80. The highest BCUT2D eigenvalue weighted by Crippen LogP contribution is 2.44. The molecule has 6 rings (SSSR count). The van der Waals surface area contributed by atoms with E-state index in [-0.39, 0.29) is 5.91 Å². The van der Waals surface area contributed by atoms with Gasteiger partial charge >= 0.3 is 0 Å². The van der Waals surface area contributed by atoms with E-state index < -0.39 is 19.9 Å². The van der Waals surface area contributed by atoms with E-state index in [1.54, 1.807) is 39.9 Å². The third kappa shape index (κ3) is 4.89. The Balaban J connectivity index is 1.36. The van der Waals surface area contributed by atoms with Crippen molar-refractivity contribution in [2.75, 3.05) is 11.5 Å². The predicted octanol–water partition coefficient (Wildman–Crippen LogP) is 5.77. The molecule has 5 aromatic rings. The number of carbonyl (C=O) groups excluding carboxylic acids is 1. The summed E-state index contributed by atoms with van der Waals surface area (Å²) < 4.78 is 27.1. The Morgan fingerprint density at radius 2 is 1.85 bits per heavy atom. The van der Waals surface area contributed by atoms with Crippen molar-refractivity contribution in [1.82, 2.24) is 29.1 Å². The molecule has 0 N–H and O–H groups in total. The third-order valence-electron chi connectivity index (χ3n) is 7.70. The Morgan fingerprint density at radius 1 is 1.07 bits per heavy atom. The number of amides is 1. The number of nitrogens with zero attached hydrogens (tertiary/aromatic N) is 7. The molecule has 0 aliphatic carbocycles. The van der Waals surface area contributed by atoms with Gasteiger partial charge in [0, 0.05) is 50.4 Å². The number of imidazole rings is 1. The van der Waals surface area contributed by atoms with E-state index in [0.29, 0.717) is 41.5 Å². The number of carbonyl (C=O) groups is 1. The summed E-state index contributed by atoms with van der Waals surface area (Å²) in [5.41, 5.74) is 6.10. The molecule has 3 aromatic heterocycles. The van der Waals surface area contributed by atoms with Crippen LogP contribution in [0.5, 0.6) is 0 Å². The molecule has 0 saturated carbocycles. The molecule has 0 fully saturated rings. The molecule has 11 heteroatoms. The minimum absolute atomic E-state index is 0.270. The van der Waals surface area contributed by atoms with Gasteiger partial charge in [0.15, 0.2) is 5.69 Å². The van der Waals surface area contributed by atoms with E-state index in [1.165, 1.54) is 6.07 Å². The molecule has 0 radical (unpaired) electrons. The summed E-state index contributed by atoms with van der Waals surface area (Å²) >= 11 is 0. The van der Waals surface area contributed by atoms with Crippen molar-refractivity contribution in [3.05, 3.63) is 89.0 Å². The van der Waals surface area contributed by atoms with Crippen LogP contribution in [-0.4, -0.2) is 49.7 Å². The maximum atomic E-state index is 15.9. The second-order valence-corrected chi connectivity index (χ2v) is 17.6. The zero-order chi connectivity index (χ0) is 29.1. The lowest BCUT2D eigenvalue weighted by atomic mass is 9.97. The van der Waals surface area contributed by atoms with Gasteiger partial charge in [-0.3, -0.25) is 14.4 Å². The van der Waals surface area contributed by atoms with E-state index in [1.807, 2.05) is 48.9 Å². The smallest absolute Gasteiger partial charge is 0.280 e. The lowest BCUT2D eigenvalue weighted by molar-refractivity contribution is 0.0898. The first kappa shape index (κ1) is 27.1. The van der Waals surface area contributed by atoms with E-state index in [0.717, 1.165) is 28.3 Å². The number of benzene rings is 2. The summed E-state index contributed by atoms with van der Waals surface area (Å²) in [6.45, 7) is 11.9. The van der Waals surface area contributed by atoms with Gasteiger partial charge in [0.2, 0.25) is 0 Å². The summed E-state index contributed by atoms with van der Waals surface area (Å²) in [4.78, 5) is 20.0. The Hall–Kier alpha value is -4.09. The molecule has 2 aromatic carbocycles. The van der Waals surface area contributed by atoms with Crippen LogP contribution in [0.1, 0.15) is 38.9 Å². The van der Waals surface area contributed by atoms with Gasteiger partial charge in [-0.25, -0.2) is 14.1 Å². The minimum atomic E-state index is -1.17. The molecule has 1 aliphatic rings. The minimum Gasteiger partial charge on any atom is -0.361 e. The number of halogens is 1. The zero-order valence-electron chi connectivity index (χ0n) is 24.2. The van der Waals surface area contributed by atoms with Crippen molar-refractivity contribution in [1.29, 1.82) is 0 Å². The number of aromatic nitrogens is 6. The average Bonchev–Trinajstić information content (AvgIpc) is 3.67. The highest BCUT2D eigenvalue weighted by molar-refractivity contribution is 6.76. The molecular formula is C30H34FN7O2Si. The SMILES string of the molecule is Cc1cnn(-c2ccc(C3c4c(nn(C)c4C)C(=O)N3c3ccc4c(c3)ncn4COCC[Si](C)(C)C)c(F)c2)c1. The number of rotatable bonds is 8. The third-order valence-corrected chi connectivity index (χ3v) is 9.40. The van der Waals surface area contributed by atoms with Crippen LogP contribution >= 0.6 is 0 Å². The first-order chi connectivity index (χ1) is 19.5. The van der Waals surface area contributed by atoms with Gasteiger partial charge in [-0.1, -0.05) is 25.7 Å². The van der Waals surface area contributed by atoms with Crippen molar-refractivity contribution in [3.63, 3.8) is 0 Å². The monoisotopic (exact) mass is 571 g/mol. The Bertz CT molecular complexity index is 1780. The van der Waals surface area contributed by atoms with Crippen molar-refractivity contribution < 1.29 is 13.9 Å². The van der Waals surface area contributed by atoms with Gasteiger partial charge in [-0.2, -0.15) is 10.2 Å². The fraction of sp³-hybridized carbons (Fsp3) is 0.333. The topological polar surface area (TPSA) is 83.0 Å². The predicted molar refractivity (Wildman–Crippen MR) is 159 cm³/mol. The lowest BCUT2D eigenvalue weighted by Crippen LogP contribution is -2.30. The fourth-order valence-corrected chi connectivity index (χ4v) is 6.07. The second-order valence-electron chi connectivity index (χ2n) is 12.0. The van der Waals surface area contributed by atoms with Crippen molar-refractivity contribution in [2.24, 2.45) is 7.05 Å². The molecule has 1 amide bonds. The molecule has 4 heterocycles. The molecule has 212 valence electrons. The normalized spacial score (nSPS) is 15.3. The second kappa shape index (κ2) is 10.1. The summed E-state index contributed by atoms with van der Waals surface area (Å²) in [6.07, 6.45) is 5.32.